The second-order valence-electron chi connectivity index (χ2n) is 7.55. The summed E-state index contributed by atoms with van der Waals surface area (Å²) in [5, 5.41) is 3.00. The Kier molecular flexibility index (Phi) is 5.60. The van der Waals surface area contributed by atoms with Crippen LogP contribution >= 0.6 is 0 Å². The van der Waals surface area contributed by atoms with E-state index in [2.05, 4.69) is 10.3 Å². The molecule has 1 aliphatic rings. The topological polar surface area (TPSA) is 66.7 Å². The average Bonchev–Trinajstić information content (AvgIpc) is 2.93. The van der Waals surface area contributed by atoms with Gasteiger partial charge in [-0.05, 0) is 37.5 Å². The maximum Gasteiger partial charge on any atom is 0.288 e. The molecule has 0 bridgehead atoms. The molecule has 1 fully saturated rings. The van der Waals surface area contributed by atoms with Gasteiger partial charge in [-0.3, -0.25) is 14.0 Å². The summed E-state index contributed by atoms with van der Waals surface area (Å²) >= 11 is 0. The second-order valence-corrected chi connectivity index (χ2v) is 7.55. The van der Waals surface area contributed by atoms with E-state index in [9.17, 15) is 9.59 Å². The van der Waals surface area contributed by atoms with Gasteiger partial charge >= 0.3 is 0 Å². The fraction of sp³-hybridized carbons (Fsp3) is 0.348. The first kappa shape index (κ1) is 19.2. The highest BCUT2D eigenvalue weighted by atomic mass is 16.2. The van der Waals surface area contributed by atoms with Crippen molar-refractivity contribution in [2.75, 3.05) is 13.1 Å². The monoisotopic (exact) mass is 390 g/mol. The van der Waals surface area contributed by atoms with Crippen molar-refractivity contribution in [1.29, 1.82) is 0 Å². The minimum atomic E-state index is -0.294. The van der Waals surface area contributed by atoms with Crippen molar-refractivity contribution in [1.82, 2.24) is 19.6 Å². The van der Waals surface area contributed by atoms with Crippen LogP contribution < -0.4 is 5.32 Å². The summed E-state index contributed by atoms with van der Waals surface area (Å²) in [4.78, 5) is 32.5. The number of nitrogens with one attached hydrogen (secondary N) is 1. The molecule has 0 spiro atoms. The zero-order chi connectivity index (χ0) is 20.2. The number of imidazole rings is 1. The predicted octanol–water partition coefficient (Wildman–Crippen LogP) is 3.84. The minimum absolute atomic E-state index is 0.0919. The average molecular weight is 390 g/mol. The van der Waals surface area contributed by atoms with Gasteiger partial charge in [0.05, 0.1) is 11.6 Å². The van der Waals surface area contributed by atoms with Crippen molar-refractivity contribution >= 4 is 17.3 Å². The Bertz CT molecular complexity index is 1000. The molecule has 3 aromatic rings. The first-order valence-corrected chi connectivity index (χ1v) is 10.3. The molecular formula is C23H26N4O2. The van der Waals surface area contributed by atoms with Crippen LogP contribution in [0.1, 0.15) is 65.3 Å². The standard InChI is InChI=1S/C23H26N4O2/c1-17(18-11-5-4-6-12-18)24-22(28)21-25-20(19-13-7-10-16-27(19)21)23(29)26-14-8-2-3-9-15-26/h4-7,10-13,16-17H,2-3,8-9,14-15H2,1H3,(H,24,28). The second kappa shape index (κ2) is 8.47. The van der Waals surface area contributed by atoms with Gasteiger partial charge in [-0.25, -0.2) is 4.98 Å². The molecule has 0 aliphatic carbocycles. The van der Waals surface area contributed by atoms with Crippen molar-refractivity contribution in [2.24, 2.45) is 0 Å². The largest absolute Gasteiger partial charge is 0.343 e. The summed E-state index contributed by atoms with van der Waals surface area (Å²) in [7, 11) is 0. The van der Waals surface area contributed by atoms with Crippen LogP contribution in [-0.4, -0.2) is 39.2 Å². The summed E-state index contributed by atoms with van der Waals surface area (Å²) in [6, 6.07) is 15.2. The summed E-state index contributed by atoms with van der Waals surface area (Å²) in [5.74, 6) is -0.148. The van der Waals surface area contributed by atoms with Crippen LogP contribution in [0.15, 0.2) is 54.7 Å². The molecule has 0 saturated carbocycles. The van der Waals surface area contributed by atoms with Crippen molar-refractivity contribution < 1.29 is 9.59 Å². The van der Waals surface area contributed by atoms with Crippen LogP contribution in [-0.2, 0) is 0 Å². The van der Waals surface area contributed by atoms with Crippen molar-refractivity contribution in [3.63, 3.8) is 0 Å². The lowest BCUT2D eigenvalue weighted by atomic mass is 10.1. The SMILES string of the molecule is CC(NC(=O)c1nc(C(=O)N2CCCCCC2)c2ccccn12)c1ccccc1. The highest BCUT2D eigenvalue weighted by Gasteiger charge is 2.26. The fourth-order valence-electron chi connectivity index (χ4n) is 3.87. The van der Waals surface area contributed by atoms with Crippen LogP contribution in [0.5, 0.6) is 0 Å². The van der Waals surface area contributed by atoms with E-state index in [4.69, 9.17) is 0 Å². The smallest absolute Gasteiger partial charge is 0.288 e. The minimum Gasteiger partial charge on any atom is -0.343 e. The summed E-state index contributed by atoms with van der Waals surface area (Å²) < 4.78 is 1.71. The van der Waals surface area contributed by atoms with Gasteiger partial charge in [0.15, 0.2) is 5.69 Å². The molecule has 150 valence electrons. The van der Waals surface area contributed by atoms with Gasteiger partial charge in [0.25, 0.3) is 11.8 Å². The Morgan fingerprint density at radius 3 is 2.38 bits per heavy atom. The number of aromatic nitrogens is 2. The zero-order valence-electron chi connectivity index (χ0n) is 16.7. The number of nitrogens with zero attached hydrogens (tertiary/aromatic N) is 3. The van der Waals surface area contributed by atoms with Crippen LogP contribution in [0.25, 0.3) is 5.52 Å². The van der Waals surface area contributed by atoms with E-state index in [1.165, 1.54) is 0 Å². The molecule has 4 rings (SSSR count). The Morgan fingerprint density at radius 1 is 0.966 bits per heavy atom. The maximum absolute atomic E-state index is 13.2. The number of amides is 2. The molecule has 1 N–H and O–H groups in total. The molecule has 0 radical (unpaired) electrons. The molecule has 2 amide bonds. The Hall–Kier alpha value is -3.15. The third kappa shape index (κ3) is 4.01. The maximum atomic E-state index is 13.2. The van der Waals surface area contributed by atoms with Crippen LogP contribution in [0, 0.1) is 0 Å². The van der Waals surface area contributed by atoms with Gasteiger partial charge < -0.3 is 10.2 Å². The number of benzene rings is 1. The Labute approximate surface area is 170 Å². The predicted molar refractivity (Wildman–Crippen MR) is 112 cm³/mol. The van der Waals surface area contributed by atoms with E-state index in [0.29, 0.717) is 11.2 Å². The molecule has 3 heterocycles. The van der Waals surface area contributed by atoms with Gasteiger partial charge in [-0.2, -0.15) is 0 Å². The van der Waals surface area contributed by atoms with E-state index in [1.807, 2.05) is 60.4 Å². The van der Waals surface area contributed by atoms with E-state index in [-0.39, 0.29) is 23.7 Å². The number of likely N-dealkylation sites (tertiary alicyclic amines) is 1. The summed E-state index contributed by atoms with van der Waals surface area (Å²) in [5.41, 5.74) is 2.03. The quantitative estimate of drug-likeness (QED) is 0.736. The third-order valence-corrected chi connectivity index (χ3v) is 5.49. The Balaban J connectivity index is 1.63. The van der Waals surface area contributed by atoms with Gasteiger partial charge in [-0.1, -0.05) is 49.2 Å². The highest BCUT2D eigenvalue weighted by Crippen LogP contribution is 2.19. The lowest BCUT2D eigenvalue weighted by Crippen LogP contribution is -2.32. The molecule has 1 unspecified atom stereocenters. The highest BCUT2D eigenvalue weighted by molar-refractivity contribution is 6.02. The molecule has 6 heteroatoms. The van der Waals surface area contributed by atoms with Gasteiger partial charge in [0.1, 0.15) is 0 Å². The number of rotatable bonds is 4. The Morgan fingerprint density at radius 2 is 1.66 bits per heavy atom. The van der Waals surface area contributed by atoms with Crippen LogP contribution in [0.4, 0.5) is 0 Å². The van der Waals surface area contributed by atoms with E-state index < -0.39 is 0 Å². The van der Waals surface area contributed by atoms with Crippen LogP contribution in [0.3, 0.4) is 0 Å². The summed E-state index contributed by atoms with van der Waals surface area (Å²) in [6.07, 6.45) is 6.11. The first-order chi connectivity index (χ1) is 14.1. The molecule has 1 aromatic carbocycles. The number of pyridine rings is 1. The molecule has 29 heavy (non-hydrogen) atoms. The van der Waals surface area contributed by atoms with Gasteiger partial charge in [0, 0.05) is 19.3 Å². The lowest BCUT2D eigenvalue weighted by molar-refractivity contribution is 0.0758. The number of carbonyl (C=O) groups excluding carboxylic acids is 2. The summed E-state index contributed by atoms with van der Waals surface area (Å²) in [6.45, 7) is 3.43. The normalized spacial score (nSPS) is 15.7. The molecule has 1 saturated heterocycles. The number of hydrogen-bond acceptors (Lipinski definition) is 3. The molecule has 1 aliphatic heterocycles. The van der Waals surface area contributed by atoms with E-state index >= 15 is 0 Å². The zero-order valence-corrected chi connectivity index (χ0v) is 16.7. The van der Waals surface area contributed by atoms with Crippen molar-refractivity contribution in [3.05, 3.63) is 71.8 Å². The van der Waals surface area contributed by atoms with Crippen molar-refractivity contribution in [2.45, 2.75) is 38.6 Å². The van der Waals surface area contributed by atoms with Gasteiger partial charge in [-0.15, -0.1) is 0 Å². The number of carbonyl (C=O) groups is 2. The fourth-order valence-corrected chi connectivity index (χ4v) is 3.87. The van der Waals surface area contributed by atoms with E-state index in [1.54, 1.807) is 10.6 Å². The molecule has 6 nitrogen and oxygen atoms in total. The van der Waals surface area contributed by atoms with Crippen LogP contribution in [0.2, 0.25) is 0 Å². The molecule has 2 aromatic heterocycles. The number of fused-ring (bicyclic) bond motifs is 1. The first-order valence-electron chi connectivity index (χ1n) is 10.3. The van der Waals surface area contributed by atoms with E-state index in [0.717, 1.165) is 44.3 Å². The van der Waals surface area contributed by atoms with Crippen molar-refractivity contribution in [3.8, 4) is 0 Å². The van der Waals surface area contributed by atoms with Gasteiger partial charge in [0.2, 0.25) is 5.82 Å². The molecular weight excluding hydrogens is 364 g/mol. The number of hydrogen-bond donors (Lipinski definition) is 1. The molecule has 1 atom stereocenters. The third-order valence-electron chi connectivity index (χ3n) is 5.49. The lowest BCUT2D eigenvalue weighted by Gasteiger charge is -2.19.